The van der Waals surface area contributed by atoms with Gasteiger partial charge in [0.25, 0.3) is 0 Å². The number of benzene rings is 1. The Morgan fingerprint density at radius 3 is 2.36 bits per heavy atom. The lowest BCUT2D eigenvalue weighted by Crippen LogP contribution is -2.44. The molecule has 0 aliphatic carbocycles. The predicted molar refractivity (Wildman–Crippen MR) is 146 cm³/mol. The molecule has 184 valence electrons. The Morgan fingerprint density at radius 1 is 1.18 bits per heavy atom. The molecule has 1 aromatic heterocycles. The van der Waals surface area contributed by atoms with Gasteiger partial charge in [-0.05, 0) is 30.9 Å². The average Bonchev–Trinajstić information content (AvgIpc) is 3.09. The number of nitrogens with one attached hydrogen (secondary N) is 1. The molecule has 7 nitrogen and oxygen atoms in total. The summed E-state index contributed by atoms with van der Waals surface area (Å²) in [4.78, 5) is 9.11. The van der Waals surface area contributed by atoms with Gasteiger partial charge in [0.2, 0.25) is 0 Å². The van der Waals surface area contributed by atoms with Gasteiger partial charge in [0, 0.05) is 65.6 Å². The van der Waals surface area contributed by atoms with Crippen molar-refractivity contribution in [3.63, 3.8) is 0 Å². The Balaban J connectivity index is 0.00000385. The third-order valence-electron chi connectivity index (χ3n) is 5.84. The molecule has 3 rings (SSSR count). The topological polar surface area (TPSA) is 57.9 Å². The first-order valence-corrected chi connectivity index (χ1v) is 11.6. The second-order valence-electron chi connectivity index (χ2n) is 9.39. The summed E-state index contributed by atoms with van der Waals surface area (Å²) in [7, 11) is 5.88. The second kappa shape index (κ2) is 12.7. The maximum atomic E-state index is 5.84. The van der Waals surface area contributed by atoms with Crippen LogP contribution in [0.1, 0.15) is 56.0 Å². The number of hydrogen-bond acceptors (Lipinski definition) is 4. The van der Waals surface area contributed by atoms with Crippen molar-refractivity contribution in [1.29, 1.82) is 0 Å². The van der Waals surface area contributed by atoms with Gasteiger partial charge in [-0.25, -0.2) is 0 Å². The first-order valence-electron chi connectivity index (χ1n) is 11.6. The van der Waals surface area contributed by atoms with Crippen LogP contribution in [0.5, 0.6) is 0 Å². The average molecular weight is 569 g/mol. The lowest BCUT2D eigenvalue weighted by Gasteiger charge is -2.35. The number of aliphatic imine (C=N–C) groups is 1. The van der Waals surface area contributed by atoms with E-state index in [1.807, 2.05) is 18.8 Å². The molecule has 1 N–H and O–H groups in total. The van der Waals surface area contributed by atoms with Crippen LogP contribution in [-0.2, 0) is 31.4 Å². The molecule has 1 aromatic carbocycles. The second-order valence-corrected chi connectivity index (χ2v) is 9.39. The number of rotatable bonds is 7. The summed E-state index contributed by atoms with van der Waals surface area (Å²) in [5.74, 6) is 1.28. The van der Waals surface area contributed by atoms with E-state index in [1.165, 1.54) is 16.7 Å². The van der Waals surface area contributed by atoms with E-state index in [2.05, 4.69) is 90.4 Å². The largest absolute Gasteiger partial charge is 0.373 e. The number of hydrogen-bond donors (Lipinski definition) is 1. The van der Waals surface area contributed by atoms with Gasteiger partial charge in [-0.2, -0.15) is 5.10 Å². The first kappa shape index (κ1) is 27.6. The van der Waals surface area contributed by atoms with E-state index in [0.29, 0.717) is 18.1 Å². The number of halogens is 1. The van der Waals surface area contributed by atoms with Crippen molar-refractivity contribution in [2.45, 2.75) is 65.5 Å². The fraction of sp³-hybridized carbons (Fsp3) is 0.600. The smallest absolute Gasteiger partial charge is 0.193 e. The molecule has 8 heteroatoms. The molecule has 2 atom stereocenters. The zero-order chi connectivity index (χ0) is 23.3. The molecule has 1 aliphatic heterocycles. The van der Waals surface area contributed by atoms with Crippen molar-refractivity contribution < 1.29 is 4.74 Å². The summed E-state index contributed by atoms with van der Waals surface area (Å²) in [5, 5.41) is 8.11. The number of morpholine rings is 1. The molecule has 2 heterocycles. The van der Waals surface area contributed by atoms with Crippen LogP contribution in [0.25, 0.3) is 0 Å². The minimum Gasteiger partial charge on any atom is -0.373 e. The number of ether oxygens (including phenoxy) is 1. The van der Waals surface area contributed by atoms with E-state index < -0.39 is 0 Å². The fourth-order valence-corrected chi connectivity index (χ4v) is 4.49. The zero-order valence-electron chi connectivity index (χ0n) is 21.2. The van der Waals surface area contributed by atoms with Gasteiger partial charge in [-0.1, -0.05) is 38.1 Å². The van der Waals surface area contributed by atoms with Gasteiger partial charge in [-0.3, -0.25) is 14.6 Å². The molecule has 0 amide bonds. The van der Waals surface area contributed by atoms with E-state index in [9.17, 15) is 0 Å². The van der Waals surface area contributed by atoms with Crippen LogP contribution >= 0.6 is 24.0 Å². The highest BCUT2D eigenvalue weighted by atomic mass is 127. The Labute approximate surface area is 216 Å². The van der Waals surface area contributed by atoms with Crippen molar-refractivity contribution in [2.24, 2.45) is 12.0 Å². The molecular weight excluding hydrogens is 527 g/mol. The highest BCUT2D eigenvalue weighted by Gasteiger charge is 2.22. The van der Waals surface area contributed by atoms with Gasteiger partial charge >= 0.3 is 0 Å². The highest BCUT2D eigenvalue weighted by Crippen LogP contribution is 2.19. The molecule has 33 heavy (non-hydrogen) atoms. The SMILES string of the molecule is CN=C(NCc1ccc(CN2CC(C)OC(C)C2)cc1)N(C)Cc1cn(C)nc1C(C)C.I. The third kappa shape index (κ3) is 7.96. The van der Waals surface area contributed by atoms with Crippen LogP contribution in [-0.4, -0.2) is 64.9 Å². The first-order chi connectivity index (χ1) is 15.2. The molecule has 1 saturated heterocycles. The summed E-state index contributed by atoms with van der Waals surface area (Å²) in [6, 6.07) is 8.89. The van der Waals surface area contributed by atoms with Crippen LogP contribution in [0.2, 0.25) is 0 Å². The molecular formula is C25H41IN6O. The van der Waals surface area contributed by atoms with E-state index in [1.54, 1.807) is 0 Å². The van der Waals surface area contributed by atoms with E-state index >= 15 is 0 Å². The van der Waals surface area contributed by atoms with Crippen molar-refractivity contribution in [1.82, 2.24) is 24.9 Å². The molecule has 2 aromatic rings. The normalized spacial score (nSPS) is 19.5. The fourth-order valence-electron chi connectivity index (χ4n) is 4.49. The molecule has 2 unspecified atom stereocenters. The Bertz CT molecular complexity index is 885. The molecule has 0 bridgehead atoms. The maximum absolute atomic E-state index is 5.84. The summed E-state index contributed by atoms with van der Waals surface area (Å²) >= 11 is 0. The summed E-state index contributed by atoms with van der Waals surface area (Å²) in [5.41, 5.74) is 4.98. The van der Waals surface area contributed by atoms with E-state index in [0.717, 1.165) is 44.4 Å². The molecule has 0 radical (unpaired) electrons. The van der Waals surface area contributed by atoms with Crippen molar-refractivity contribution >= 4 is 29.9 Å². The predicted octanol–water partition coefficient (Wildman–Crippen LogP) is 3.98. The number of nitrogens with zero attached hydrogens (tertiary/aromatic N) is 5. The standard InChI is InChI=1S/C25H40N6O.HI/c1-18(2)24-23(17-30(7)28-24)16-29(6)25(26-5)27-12-21-8-10-22(11-9-21)15-31-13-19(3)32-20(4)14-31;/h8-11,17-20H,12-16H2,1-7H3,(H,26,27);1H. The number of aromatic nitrogens is 2. The van der Waals surface area contributed by atoms with Crippen molar-refractivity contribution in [3.8, 4) is 0 Å². The van der Waals surface area contributed by atoms with Crippen molar-refractivity contribution in [3.05, 3.63) is 52.8 Å². The van der Waals surface area contributed by atoms with Gasteiger partial charge < -0.3 is 15.0 Å². The van der Waals surface area contributed by atoms with Crippen LogP contribution in [0.4, 0.5) is 0 Å². The number of guanidine groups is 1. The minimum absolute atomic E-state index is 0. The van der Waals surface area contributed by atoms with Crippen LogP contribution in [0, 0.1) is 0 Å². The third-order valence-corrected chi connectivity index (χ3v) is 5.84. The highest BCUT2D eigenvalue weighted by molar-refractivity contribution is 14.0. The monoisotopic (exact) mass is 568 g/mol. The van der Waals surface area contributed by atoms with Gasteiger partial charge in [-0.15, -0.1) is 24.0 Å². The Morgan fingerprint density at radius 2 is 1.79 bits per heavy atom. The maximum Gasteiger partial charge on any atom is 0.193 e. The lowest BCUT2D eigenvalue weighted by molar-refractivity contribution is -0.0704. The summed E-state index contributed by atoms with van der Waals surface area (Å²) < 4.78 is 7.74. The molecule has 1 fully saturated rings. The van der Waals surface area contributed by atoms with Gasteiger partial charge in [0.15, 0.2) is 5.96 Å². The van der Waals surface area contributed by atoms with E-state index in [4.69, 9.17) is 4.74 Å². The summed E-state index contributed by atoms with van der Waals surface area (Å²) in [6.07, 6.45) is 2.71. The number of aryl methyl sites for hydroxylation is 1. The van der Waals surface area contributed by atoms with Gasteiger partial charge in [0.05, 0.1) is 17.9 Å². The quantitative estimate of drug-likeness (QED) is 0.311. The molecule has 1 aliphatic rings. The summed E-state index contributed by atoms with van der Waals surface area (Å²) in [6.45, 7) is 13.1. The minimum atomic E-state index is 0. The van der Waals surface area contributed by atoms with Crippen molar-refractivity contribution in [2.75, 3.05) is 27.2 Å². The Kier molecular flexibility index (Phi) is 10.6. The zero-order valence-corrected chi connectivity index (χ0v) is 23.5. The molecule has 0 spiro atoms. The van der Waals surface area contributed by atoms with Crippen LogP contribution in [0.15, 0.2) is 35.5 Å². The van der Waals surface area contributed by atoms with Gasteiger partial charge in [0.1, 0.15) is 0 Å². The Hall–Kier alpha value is -1.65. The lowest BCUT2D eigenvalue weighted by atomic mass is 10.1. The van der Waals surface area contributed by atoms with Crippen LogP contribution < -0.4 is 5.32 Å². The van der Waals surface area contributed by atoms with E-state index in [-0.39, 0.29) is 24.0 Å². The molecule has 0 saturated carbocycles. The van der Waals surface area contributed by atoms with Crippen LogP contribution in [0.3, 0.4) is 0 Å².